The van der Waals surface area contributed by atoms with Crippen molar-refractivity contribution in [3.63, 3.8) is 0 Å². The van der Waals surface area contributed by atoms with Crippen molar-refractivity contribution in [1.29, 1.82) is 0 Å². The van der Waals surface area contributed by atoms with E-state index in [9.17, 15) is 9.90 Å². The molecule has 0 spiro atoms. The number of aliphatic imine (C=N–C) groups is 1. The van der Waals surface area contributed by atoms with Crippen LogP contribution in [0.2, 0.25) is 0 Å². The minimum Gasteiger partial charge on any atom is -0.478 e. The topological polar surface area (TPSA) is 56.1 Å². The average Bonchev–Trinajstić information content (AvgIpc) is 3.08. The van der Waals surface area contributed by atoms with Gasteiger partial charge in [-0.2, -0.15) is 0 Å². The lowest BCUT2D eigenvalue weighted by Crippen LogP contribution is -2.41. The molecule has 0 aliphatic carbocycles. The quantitative estimate of drug-likeness (QED) is 0.576. The molecule has 6 heteroatoms. The van der Waals surface area contributed by atoms with Gasteiger partial charge in [0.1, 0.15) is 0 Å². The summed E-state index contributed by atoms with van der Waals surface area (Å²) >= 11 is 0. The van der Waals surface area contributed by atoms with E-state index in [1.165, 1.54) is 11.4 Å². The van der Waals surface area contributed by atoms with E-state index in [0.717, 1.165) is 48.7 Å². The van der Waals surface area contributed by atoms with E-state index in [1.54, 1.807) is 12.1 Å². The van der Waals surface area contributed by atoms with Crippen LogP contribution in [0.5, 0.6) is 0 Å². The molecule has 1 N–H and O–H groups in total. The van der Waals surface area contributed by atoms with Gasteiger partial charge in [-0.1, -0.05) is 54.6 Å². The number of benzene rings is 3. The molecule has 30 heavy (non-hydrogen) atoms. The van der Waals surface area contributed by atoms with Crippen molar-refractivity contribution in [3.8, 4) is 11.1 Å². The van der Waals surface area contributed by atoms with Crippen molar-refractivity contribution in [3.05, 3.63) is 83.9 Å². The van der Waals surface area contributed by atoms with Gasteiger partial charge in [0, 0.05) is 13.1 Å². The minimum absolute atomic E-state index is 0. The van der Waals surface area contributed by atoms with Gasteiger partial charge in [-0.05, 0) is 41.3 Å². The van der Waals surface area contributed by atoms with Crippen molar-refractivity contribution >= 4 is 40.3 Å². The zero-order valence-electron chi connectivity index (χ0n) is 16.4. The number of hydrogen-bond acceptors (Lipinski definition) is 4. The first-order valence-corrected chi connectivity index (χ1v) is 9.82. The van der Waals surface area contributed by atoms with Gasteiger partial charge in [-0.3, -0.25) is 4.99 Å². The summed E-state index contributed by atoms with van der Waals surface area (Å²) in [5.41, 5.74) is 5.53. The minimum atomic E-state index is -0.909. The Hall–Kier alpha value is -3.12. The fraction of sp³-hybridized carbons (Fsp3) is 0.167. The van der Waals surface area contributed by atoms with Crippen LogP contribution in [0.25, 0.3) is 11.1 Å². The van der Waals surface area contributed by atoms with Gasteiger partial charge < -0.3 is 14.9 Å². The molecular formula is C24H22BrN3O2. The molecule has 3 aromatic carbocycles. The van der Waals surface area contributed by atoms with E-state index < -0.39 is 5.97 Å². The number of carboxylic acids is 1. The van der Waals surface area contributed by atoms with Crippen LogP contribution in [0, 0.1) is 0 Å². The van der Waals surface area contributed by atoms with E-state index in [4.69, 9.17) is 4.99 Å². The molecule has 0 aromatic heterocycles. The van der Waals surface area contributed by atoms with Gasteiger partial charge in [0.2, 0.25) is 5.96 Å². The monoisotopic (exact) mass is 463 g/mol. The molecule has 5 rings (SSSR count). The van der Waals surface area contributed by atoms with E-state index in [2.05, 4.69) is 46.2 Å². The highest BCUT2D eigenvalue weighted by atomic mass is 79.9. The van der Waals surface area contributed by atoms with Gasteiger partial charge in [0.25, 0.3) is 0 Å². The number of carbonyl (C=O) groups is 1. The van der Waals surface area contributed by atoms with Gasteiger partial charge >= 0.3 is 5.97 Å². The van der Waals surface area contributed by atoms with Crippen molar-refractivity contribution in [1.82, 2.24) is 0 Å². The lowest BCUT2D eigenvalue weighted by Gasteiger charge is -2.27. The number of aromatic carboxylic acids is 1. The van der Waals surface area contributed by atoms with E-state index >= 15 is 0 Å². The average molecular weight is 464 g/mol. The Morgan fingerprint density at radius 3 is 2.40 bits per heavy atom. The molecule has 0 saturated heterocycles. The number of guanidine groups is 1. The standard InChI is InChI=1S/C24H21N3O2.BrH/c28-23(29)20-7-2-1-6-19(20)18-12-10-17(11-13-18)16-27-22-9-4-3-8-21(22)26-15-5-14-25-24(26)27;/h1-4,6-13H,5,14-16H2,(H,28,29);1H. The number of anilines is 2. The maximum atomic E-state index is 11.5. The van der Waals surface area contributed by atoms with Gasteiger partial charge in [-0.25, -0.2) is 4.79 Å². The van der Waals surface area contributed by atoms with Gasteiger partial charge in [-0.15, -0.1) is 17.0 Å². The summed E-state index contributed by atoms with van der Waals surface area (Å²) < 4.78 is 0. The zero-order valence-corrected chi connectivity index (χ0v) is 18.1. The molecule has 2 aliphatic heterocycles. The van der Waals surface area contributed by atoms with Crippen LogP contribution in [0.4, 0.5) is 11.4 Å². The molecule has 0 amide bonds. The summed E-state index contributed by atoms with van der Waals surface area (Å²) in [4.78, 5) is 20.9. The third kappa shape index (κ3) is 3.48. The zero-order chi connectivity index (χ0) is 19.8. The molecule has 5 nitrogen and oxygen atoms in total. The lowest BCUT2D eigenvalue weighted by molar-refractivity contribution is 0.0697. The summed E-state index contributed by atoms with van der Waals surface area (Å²) in [6, 6.07) is 23.7. The van der Waals surface area contributed by atoms with Gasteiger partial charge in [0.15, 0.2) is 0 Å². The van der Waals surface area contributed by atoms with Crippen LogP contribution in [0.3, 0.4) is 0 Å². The van der Waals surface area contributed by atoms with Crippen molar-refractivity contribution in [2.75, 3.05) is 22.9 Å². The molecule has 0 fully saturated rings. The third-order valence-electron chi connectivity index (χ3n) is 5.50. The fourth-order valence-corrected chi connectivity index (χ4v) is 4.13. The largest absolute Gasteiger partial charge is 0.478 e. The predicted molar refractivity (Wildman–Crippen MR) is 126 cm³/mol. The second-order valence-electron chi connectivity index (χ2n) is 7.31. The predicted octanol–water partition coefficient (Wildman–Crippen LogP) is 5.22. The lowest BCUT2D eigenvalue weighted by atomic mass is 9.98. The molecule has 3 aromatic rings. The smallest absolute Gasteiger partial charge is 0.336 e. The number of halogens is 1. The Morgan fingerprint density at radius 2 is 1.63 bits per heavy atom. The first kappa shape index (κ1) is 20.2. The van der Waals surface area contributed by atoms with Crippen LogP contribution in [0.1, 0.15) is 22.3 Å². The Balaban J connectivity index is 0.00000218. The first-order valence-electron chi connectivity index (χ1n) is 9.82. The molecule has 0 radical (unpaired) electrons. The van der Waals surface area contributed by atoms with Crippen LogP contribution in [-0.4, -0.2) is 30.1 Å². The van der Waals surface area contributed by atoms with Crippen molar-refractivity contribution in [2.45, 2.75) is 13.0 Å². The Morgan fingerprint density at radius 1 is 0.933 bits per heavy atom. The second-order valence-corrected chi connectivity index (χ2v) is 7.31. The number of para-hydroxylation sites is 2. The summed E-state index contributed by atoms with van der Waals surface area (Å²) in [6.07, 6.45) is 1.07. The Bertz CT molecular complexity index is 1110. The van der Waals surface area contributed by atoms with Crippen LogP contribution in [0.15, 0.2) is 77.8 Å². The SMILES string of the molecule is Br.O=C(O)c1ccccc1-c1ccc(CN2C3=NCCCN3c3ccccc32)cc1. The van der Waals surface area contributed by atoms with E-state index in [-0.39, 0.29) is 17.0 Å². The normalized spacial score (nSPS) is 14.5. The number of nitrogens with zero attached hydrogens (tertiary/aromatic N) is 3. The molecular weight excluding hydrogens is 442 g/mol. The van der Waals surface area contributed by atoms with E-state index in [1.807, 2.05) is 24.3 Å². The number of fused-ring (bicyclic) bond motifs is 3. The van der Waals surface area contributed by atoms with Crippen LogP contribution in [-0.2, 0) is 6.54 Å². The molecule has 2 heterocycles. The molecule has 152 valence electrons. The maximum Gasteiger partial charge on any atom is 0.336 e. The molecule has 0 unspecified atom stereocenters. The van der Waals surface area contributed by atoms with Gasteiger partial charge in [0.05, 0.1) is 23.5 Å². The highest BCUT2D eigenvalue weighted by Crippen LogP contribution is 2.39. The summed E-state index contributed by atoms with van der Waals surface area (Å²) in [6.45, 7) is 2.59. The number of rotatable bonds is 4. The van der Waals surface area contributed by atoms with Crippen LogP contribution < -0.4 is 9.80 Å². The molecule has 0 saturated carbocycles. The van der Waals surface area contributed by atoms with E-state index in [0.29, 0.717) is 5.56 Å². The number of carboxylic acid groups (broad SMARTS) is 1. The second kappa shape index (κ2) is 8.32. The first-order chi connectivity index (χ1) is 14.2. The fourth-order valence-electron chi connectivity index (χ4n) is 4.13. The third-order valence-corrected chi connectivity index (χ3v) is 5.50. The maximum absolute atomic E-state index is 11.5. The molecule has 2 aliphatic rings. The summed E-state index contributed by atoms with van der Waals surface area (Å²) in [5.74, 6) is 0.117. The summed E-state index contributed by atoms with van der Waals surface area (Å²) in [5, 5.41) is 9.45. The highest BCUT2D eigenvalue weighted by Gasteiger charge is 2.33. The highest BCUT2D eigenvalue weighted by molar-refractivity contribution is 8.93. The Labute approximate surface area is 186 Å². The Kier molecular flexibility index (Phi) is 5.59. The number of hydrogen-bond donors (Lipinski definition) is 1. The molecule has 0 bridgehead atoms. The molecule has 0 atom stereocenters. The van der Waals surface area contributed by atoms with Crippen molar-refractivity contribution in [2.24, 2.45) is 4.99 Å². The summed E-state index contributed by atoms with van der Waals surface area (Å²) in [7, 11) is 0. The van der Waals surface area contributed by atoms with Crippen molar-refractivity contribution < 1.29 is 9.90 Å². The van der Waals surface area contributed by atoms with Crippen LogP contribution >= 0.6 is 17.0 Å².